The fourth-order valence-electron chi connectivity index (χ4n) is 3.61. The maximum absolute atomic E-state index is 13.4. The van der Waals surface area contributed by atoms with Crippen LogP contribution in [0.2, 0.25) is 5.02 Å². The van der Waals surface area contributed by atoms with Crippen molar-refractivity contribution in [3.63, 3.8) is 0 Å². The molecule has 31 heavy (non-hydrogen) atoms. The van der Waals surface area contributed by atoms with Crippen LogP contribution < -0.4 is 14.4 Å². The molecule has 1 aliphatic heterocycles. The Balaban J connectivity index is 1.84. The molecule has 0 bridgehead atoms. The zero-order valence-corrected chi connectivity index (χ0v) is 19.5. The summed E-state index contributed by atoms with van der Waals surface area (Å²) in [5, 5.41) is 3.34. The standard InChI is InChI=1S/C23H29ClN2O4S/c1-3-5-9-17(4-2)15-25-23(27)22-16-26(20-14-18(24)12-13-21(20)30-22)31(28,29)19-10-7-6-8-11-19/h6-8,10-14,17,22H,3-5,9,15-16H2,1-2H3,(H,25,27)/t17-,22+/m1/s1. The van der Waals surface area contributed by atoms with E-state index >= 15 is 0 Å². The molecular weight excluding hydrogens is 436 g/mol. The largest absolute Gasteiger partial charge is 0.476 e. The molecule has 0 unspecified atom stereocenters. The van der Waals surface area contributed by atoms with Gasteiger partial charge >= 0.3 is 0 Å². The number of unbranched alkanes of at least 4 members (excludes halogenated alkanes) is 1. The molecule has 2 atom stereocenters. The second-order valence-corrected chi connectivity index (χ2v) is 10.0. The SMILES string of the molecule is CCCC[C@@H](CC)CNC(=O)[C@@H]1CN(S(=O)(=O)c2ccccc2)c2cc(Cl)ccc2O1. The number of carbonyl (C=O) groups excluding carboxylic acids is 1. The van der Waals surface area contributed by atoms with Crippen molar-refractivity contribution < 1.29 is 17.9 Å². The summed E-state index contributed by atoms with van der Waals surface area (Å²) < 4.78 is 33.8. The molecule has 0 saturated carbocycles. The Labute approximate surface area is 189 Å². The number of fused-ring (bicyclic) bond motifs is 1. The second kappa shape index (κ2) is 10.4. The first-order valence-electron chi connectivity index (χ1n) is 10.7. The van der Waals surface area contributed by atoms with Crippen molar-refractivity contribution in [2.75, 3.05) is 17.4 Å². The van der Waals surface area contributed by atoms with Crippen LogP contribution >= 0.6 is 11.6 Å². The molecular formula is C23H29ClN2O4S. The first-order chi connectivity index (χ1) is 14.9. The van der Waals surface area contributed by atoms with Gasteiger partial charge in [0.25, 0.3) is 15.9 Å². The van der Waals surface area contributed by atoms with E-state index in [-0.39, 0.29) is 17.3 Å². The van der Waals surface area contributed by atoms with Gasteiger partial charge < -0.3 is 10.1 Å². The van der Waals surface area contributed by atoms with Crippen molar-refractivity contribution in [3.05, 3.63) is 53.6 Å². The second-order valence-electron chi connectivity index (χ2n) is 7.73. The zero-order chi connectivity index (χ0) is 22.4. The minimum absolute atomic E-state index is 0.123. The highest BCUT2D eigenvalue weighted by molar-refractivity contribution is 7.92. The van der Waals surface area contributed by atoms with Gasteiger partial charge in [0.1, 0.15) is 5.75 Å². The first kappa shape index (κ1) is 23.4. The molecule has 2 aromatic rings. The number of anilines is 1. The summed E-state index contributed by atoms with van der Waals surface area (Å²) in [4.78, 5) is 13.0. The van der Waals surface area contributed by atoms with Gasteiger partial charge in [-0.1, -0.05) is 62.9 Å². The van der Waals surface area contributed by atoms with Crippen molar-refractivity contribution >= 4 is 33.2 Å². The van der Waals surface area contributed by atoms with Gasteiger partial charge in [-0.15, -0.1) is 0 Å². The smallest absolute Gasteiger partial charge is 0.264 e. The van der Waals surface area contributed by atoms with Crippen LogP contribution in [0, 0.1) is 5.92 Å². The van der Waals surface area contributed by atoms with Gasteiger partial charge in [0, 0.05) is 11.6 Å². The number of rotatable bonds is 9. The Morgan fingerprint density at radius 3 is 2.65 bits per heavy atom. The van der Waals surface area contributed by atoms with Crippen LogP contribution in [-0.4, -0.2) is 33.5 Å². The van der Waals surface area contributed by atoms with Gasteiger partial charge in [0.05, 0.1) is 17.1 Å². The lowest BCUT2D eigenvalue weighted by molar-refractivity contribution is -0.127. The average Bonchev–Trinajstić information content (AvgIpc) is 2.78. The Morgan fingerprint density at radius 2 is 1.97 bits per heavy atom. The van der Waals surface area contributed by atoms with Crippen LogP contribution in [0.1, 0.15) is 39.5 Å². The maximum atomic E-state index is 13.4. The van der Waals surface area contributed by atoms with Crippen LogP contribution in [0.5, 0.6) is 5.75 Å². The fourth-order valence-corrected chi connectivity index (χ4v) is 5.27. The molecule has 3 rings (SSSR count). The van der Waals surface area contributed by atoms with Crippen LogP contribution in [0.25, 0.3) is 0 Å². The lowest BCUT2D eigenvalue weighted by atomic mass is 9.99. The molecule has 8 heteroatoms. The molecule has 6 nitrogen and oxygen atoms in total. The highest BCUT2D eigenvalue weighted by atomic mass is 35.5. The Hall–Kier alpha value is -2.25. The van der Waals surface area contributed by atoms with Crippen molar-refractivity contribution in [1.82, 2.24) is 5.32 Å². The number of ether oxygens (including phenoxy) is 1. The fraction of sp³-hybridized carbons (Fsp3) is 0.435. The minimum atomic E-state index is -3.89. The Bertz CT molecular complexity index is 998. The van der Waals surface area contributed by atoms with Crippen molar-refractivity contribution in [2.24, 2.45) is 5.92 Å². The highest BCUT2D eigenvalue weighted by Crippen LogP contribution is 2.38. The Kier molecular flexibility index (Phi) is 7.84. The summed E-state index contributed by atoms with van der Waals surface area (Å²) in [5.41, 5.74) is 0.329. The van der Waals surface area contributed by atoms with Crippen LogP contribution in [0.3, 0.4) is 0 Å². The molecule has 0 radical (unpaired) electrons. The third-order valence-electron chi connectivity index (χ3n) is 5.52. The molecule has 1 heterocycles. The molecule has 1 amide bonds. The number of sulfonamides is 1. The number of amides is 1. The lowest BCUT2D eigenvalue weighted by Crippen LogP contribution is -2.51. The van der Waals surface area contributed by atoms with Gasteiger partial charge in [0.15, 0.2) is 6.10 Å². The molecule has 0 spiro atoms. The molecule has 0 fully saturated rings. The van der Waals surface area contributed by atoms with Crippen LogP contribution in [0.4, 0.5) is 5.69 Å². The number of hydrogen-bond donors (Lipinski definition) is 1. The molecule has 0 aliphatic carbocycles. The van der Waals surface area contributed by atoms with Crippen LogP contribution in [-0.2, 0) is 14.8 Å². The number of nitrogens with zero attached hydrogens (tertiary/aromatic N) is 1. The van der Waals surface area contributed by atoms with Crippen molar-refractivity contribution in [3.8, 4) is 5.75 Å². The van der Waals surface area contributed by atoms with E-state index in [1.807, 2.05) is 0 Å². The number of carbonyl (C=O) groups is 1. The first-order valence-corrected chi connectivity index (χ1v) is 12.5. The molecule has 0 saturated heterocycles. The normalized spacial score (nSPS) is 16.9. The van der Waals surface area contributed by atoms with E-state index in [2.05, 4.69) is 19.2 Å². The van der Waals surface area contributed by atoms with E-state index in [1.165, 1.54) is 16.4 Å². The van der Waals surface area contributed by atoms with E-state index < -0.39 is 16.1 Å². The molecule has 1 N–H and O–H groups in total. The molecule has 1 aliphatic rings. The predicted octanol–water partition coefficient (Wildman–Crippen LogP) is 4.63. The van der Waals surface area contributed by atoms with E-state index in [9.17, 15) is 13.2 Å². The summed E-state index contributed by atoms with van der Waals surface area (Å²) in [5.74, 6) is 0.389. The summed E-state index contributed by atoms with van der Waals surface area (Å²) in [7, 11) is -3.89. The van der Waals surface area contributed by atoms with E-state index in [0.717, 1.165) is 25.7 Å². The number of hydrogen-bond acceptors (Lipinski definition) is 4. The number of nitrogens with one attached hydrogen (secondary N) is 1. The van der Waals surface area contributed by atoms with Gasteiger partial charge in [-0.05, 0) is 42.7 Å². The summed E-state index contributed by atoms with van der Waals surface area (Å²) in [6.45, 7) is 4.68. The minimum Gasteiger partial charge on any atom is -0.476 e. The predicted molar refractivity (Wildman–Crippen MR) is 123 cm³/mol. The zero-order valence-electron chi connectivity index (χ0n) is 17.9. The van der Waals surface area contributed by atoms with Gasteiger partial charge in [-0.25, -0.2) is 8.42 Å². The monoisotopic (exact) mass is 464 g/mol. The number of benzene rings is 2. The number of halogens is 1. The van der Waals surface area contributed by atoms with Gasteiger partial charge in [0.2, 0.25) is 0 Å². The lowest BCUT2D eigenvalue weighted by Gasteiger charge is -2.35. The van der Waals surface area contributed by atoms with E-state index in [0.29, 0.717) is 28.9 Å². The Morgan fingerprint density at radius 1 is 1.23 bits per heavy atom. The summed E-state index contributed by atoms with van der Waals surface area (Å²) >= 11 is 6.12. The third-order valence-corrected chi connectivity index (χ3v) is 7.55. The van der Waals surface area contributed by atoms with Crippen molar-refractivity contribution in [2.45, 2.75) is 50.5 Å². The summed E-state index contributed by atoms with van der Waals surface area (Å²) in [6, 6.07) is 12.9. The molecule has 168 valence electrons. The summed E-state index contributed by atoms with van der Waals surface area (Å²) in [6.07, 6.45) is 3.31. The van der Waals surface area contributed by atoms with Crippen LogP contribution in [0.15, 0.2) is 53.4 Å². The average molecular weight is 465 g/mol. The highest BCUT2D eigenvalue weighted by Gasteiger charge is 2.37. The molecule has 0 aromatic heterocycles. The van der Waals surface area contributed by atoms with E-state index in [4.69, 9.17) is 16.3 Å². The quantitative estimate of drug-likeness (QED) is 0.587. The molecule has 2 aromatic carbocycles. The van der Waals surface area contributed by atoms with E-state index in [1.54, 1.807) is 36.4 Å². The third kappa shape index (κ3) is 5.52. The van der Waals surface area contributed by atoms with Crippen molar-refractivity contribution in [1.29, 1.82) is 0 Å². The maximum Gasteiger partial charge on any atom is 0.264 e. The topological polar surface area (TPSA) is 75.7 Å². The van der Waals surface area contributed by atoms with Gasteiger partial charge in [-0.2, -0.15) is 0 Å². The van der Waals surface area contributed by atoms with Gasteiger partial charge in [-0.3, -0.25) is 9.10 Å².